The van der Waals surface area contributed by atoms with Gasteiger partial charge in [0.15, 0.2) is 0 Å². The standard InChI is InChI=1S/C12H17NOS/c1-7-6-10(12(15)13-4)8(2)9(3)11(7)14-5/h6H,1-5H3,(H,13,15). The summed E-state index contributed by atoms with van der Waals surface area (Å²) in [5.74, 6) is 0.954. The van der Waals surface area contributed by atoms with Gasteiger partial charge in [-0.15, -0.1) is 0 Å². The fourth-order valence-corrected chi connectivity index (χ4v) is 1.95. The average molecular weight is 223 g/mol. The van der Waals surface area contributed by atoms with Gasteiger partial charge >= 0.3 is 0 Å². The average Bonchev–Trinajstić information content (AvgIpc) is 2.23. The first-order chi connectivity index (χ1) is 7.02. The summed E-state index contributed by atoms with van der Waals surface area (Å²) in [6.45, 7) is 6.16. The molecule has 3 heteroatoms. The third kappa shape index (κ3) is 2.12. The van der Waals surface area contributed by atoms with Crippen molar-refractivity contribution in [2.24, 2.45) is 0 Å². The maximum absolute atomic E-state index is 5.36. The molecule has 0 saturated heterocycles. The highest BCUT2D eigenvalue weighted by Crippen LogP contribution is 2.28. The molecule has 0 bridgehead atoms. The van der Waals surface area contributed by atoms with Crippen LogP contribution in [0.2, 0.25) is 0 Å². The van der Waals surface area contributed by atoms with Gasteiger partial charge in [0.2, 0.25) is 0 Å². The third-order valence-electron chi connectivity index (χ3n) is 2.70. The van der Waals surface area contributed by atoms with E-state index in [1.54, 1.807) is 7.11 Å². The molecule has 15 heavy (non-hydrogen) atoms. The third-order valence-corrected chi connectivity index (χ3v) is 3.13. The van der Waals surface area contributed by atoms with Crippen LogP contribution in [0.5, 0.6) is 5.75 Å². The zero-order chi connectivity index (χ0) is 11.6. The number of hydrogen-bond donors (Lipinski definition) is 1. The molecular weight excluding hydrogens is 206 g/mol. The number of aryl methyl sites for hydroxylation is 1. The van der Waals surface area contributed by atoms with Crippen LogP contribution >= 0.6 is 12.2 Å². The molecule has 0 aromatic heterocycles. The Bertz CT molecular complexity index is 399. The molecule has 0 atom stereocenters. The molecule has 2 nitrogen and oxygen atoms in total. The molecule has 0 heterocycles. The summed E-state index contributed by atoms with van der Waals surface area (Å²) in [7, 11) is 3.54. The van der Waals surface area contributed by atoms with E-state index in [0.29, 0.717) is 0 Å². The highest BCUT2D eigenvalue weighted by atomic mass is 32.1. The predicted octanol–water partition coefficient (Wildman–Crippen LogP) is 2.52. The molecule has 0 saturated carbocycles. The molecule has 0 spiro atoms. The second-order valence-electron chi connectivity index (χ2n) is 3.60. The van der Waals surface area contributed by atoms with E-state index >= 15 is 0 Å². The molecule has 0 fully saturated rings. The van der Waals surface area contributed by atoms with E-state index in [1.165, 1.54) is 5.56 Å². The maximum Gasteiger partial charge on any atom is 0.124 e. The maximum atomic E-state index is 5.36. The van der Waals surface area contributed by atoms with E-state index in [4.69, 9.17) is 17.0 Å². The molecule has 1 rings (SSSR count). The van der Waals surface area contributed by atoms with Crippen LogP contribution in [0.3, 0.4) is 0 Å². The number of ether oxygens (including phenoxy) is 1. The minimum absolute atomic E-state index is 0.779. The van der Waals surface area contributed by atoms with Gasteiger partial charge in [-0.2, -0.15) is 0 Å². The molecule has 1 aromatic rings. The smallest absolute Gasteiger partial charge is 0.124 e. The zero-order valence-electron chi connectivity index (χ0n) is 9.89. The second-order valence-corrected chi connectivity index (χ2v) is 4.01. The molecule has 82 valence electrons. The van der Waals surface area contributed by atoms with E-state index in [-0.39, 0.29) is 0 Å². The molecule has 0 unspecified atom stereocenters. The first kappa shape index (κ1) is 12.0. The normalized spacial score (nSPS) is 9.93. The Morgan fingerprint density at radius 2 is 1.87 bits per heavy atom. The van der Waals surface area contributed by atoms with Crippen molar-refractivity contribution in [1.82, 2.24) is 5.32 Å². The van der Waals surface area contributed by atoms with Gasteiger partial charge in [0.25, 0.3) is 0 Å². The minimum Gasteiger partial charge on any atom is -0.496 e. The topological polar surface area (TPSA) is 21.3 Å². The summed E-state index contributed by atoms with van der Waals surface area (Å²) < 4.78 is 5.36. The number of thiocarbonyl (C=S) groups is 1. The Balaban J connectivity index is 3.40. The van der Waals surface area contributed by atoms with E-state index in [0.717, 1.165) is 27.4 Å². The van der Waals surface area contributed by atoms with Crippen LogP contribution in [0, 0.1) is 20.8 Å². The SMILES string of the molecule is CNC(=S)c1cc(C)c(OC)c(C)c1C. The zero-order valence-corrected chi connectivity index (χ0v) is 10.7. The van der Waals surface area contributed by atoms with Gasteiger partial charge in [-0.05, 0) is 43.5 Å². The van der Waals surface area contributed by atoms with E-state index in [1.807, 2.05) is 14.0 Å². The van der Waals surface area contributed by atoms with Gasteiger partial charge in [0.05, 0.1) is 7.11 Å². The van der Waals surface area contributed by atoms with Crippen molar-refractivity contribution < 1.29 is 4.74 Å². The number of methoxy groups -OCH3 is 1. The van der Waals surface area contributed by atoms with Gasteiger partial charge in [0, 0.05) is 12.6 Å². The summed E-state index contributed by atoms with van der Waals surface area (Å²) in [6.07, 6.45) is 0. The number of nitrogens with one attached hydrogen (secondary N) is 1. The van der Waals surface area contributed by atoms with Crippen LogP contribution in [-0.4, -0.2) is 19.1 Å². The lowest BCUT2D eigenvalue weighted by Gasteiger charge is -2.15. The van der Waals surface area contributed by atoms with Crippen LogP contribution in [0.15, 0.2) is 6.07 Å². The van der Waals surface area contributed by atoms with Crippen LogP contribution in [0.1, 0.15) is 22.3 Å². The Kier molecular flexibility index (Phi) is 3.69. The monoisotopic (exact) mass is 223 g/mol. The fraction of sp³-hybridized carbons (Fsp3) is 0.417. The summed E-state index contributed by atoms with van der Waals surface area (Å²) in [4.78, 5) is 0.779. The Hall–Kier alpha value is -1.09. The second kappa shape index (κ2) is 4.62. The molecule has 0 aliphatic carbocycles. The number of benzene rings is 1. The lowest BCUT2D eigenvalue weighted by atomic mass is 9.98. The number of rotatable bonds is 2. The fourth-order valence-electron chi connectivity index (χ4n) is 1.74. The van der Waals surface area contributed by atoms with Crippen molar-refractivity contribution in [3.63, 3.8) is 0 Å². The Morgan fingerprint density at radius 3 is 2.33 bits per heavy atom. The first-order valence-electron chi connectivity index (χ1n) is 4.89. The van der Waals surface area contributed by atoms with Crippen molar-refractivity contribution in [2.75, 3.05) is 14.2 Å². The lowest BCUT2D eigenvalue weighted by Crippen LogP contribution is -2.18. The molecule has 0 amide bonds. The van der Waals surface area contributed by atoms with Crippen LogP contribution in [0.25, 0.3) is 0 Å². The van der Waals surface area contributed by atoms with E-state index < -0.39 is 0 Å². The van der Waals surface area contributed by atoms with Crippen molar-refractivity contribution in [2.45, 2.75) is 20.8 Å². The van der Waals surface area contributed by atoms with Crippen molar-refractivity contribution in [3.05, 3.63) is 28.3 Å². The molecule has 0 aliphatic heterocycles. The Labute approximate surface area is 96.6 Å². The molecule has 1 N–H and O–H groups in total. The van der Waals surface area contributed by atoms with Gasteiger partial charge < -0.3 is 10.1 Å². The van der Waals surface area contributed by atoms with Gasteiger partial charge in [-0.3, -0.25) is 0 Å². The largest absolute Gasteiger partial charge is 0.496 e. The molecular formula is C12H17NOS. The van der Waals surface area contributed by atoms with E-state index in [2.05, 4.69) is 25.2 Å². The van der Waals surface area contributed by atoms with Gasteiger partial charge in [-0.25, -0.2) is 0 Å². The van der Waals surface area contributed by atoms with Crippen LogP contribution in [0.4, 0.5) is 0 Å². The van der Waals surface area contributed by atoms with Crippen LogP contribution in [-0.2, 0) is 0 Å². The minimum atomic E-state index is 0.779. The van der Waals surface area contributed by atoms with Crippen molar-refractivity contribution in [3.8, 4) is 5.75 Å². The lowest BCUT2D eigenvalue weighted by molar-refractivity contribution is 0.408. The predicted molar refractivity (Wildman–Crippen MR) is 68.0 cm³/mol. The number of hydrogen-bond acceptors (Lipinski definition) is 2. The first-order valence-corrected chi connectivity index (χ1v) is 5.30. The Morgan fingerprint density at radius 1 is 1.27 bits per heavy atom. The summed E-state index contributed by atoms with van der Waals surface area (Å²) in [6, 6.07) is 2.07. The quantitative estimate of drug-likeness (QED) is 0.778. The van der Waals surface area contributed by atoms with Crippen molar-refractivity contribution >= 4 is 17.2 Å². The summed E-state index contributed by atoms with van der Waals surface area (Å²) in [5.41, 5.74) is 4.54. The van der Waals surface area contributed by atoms with E-state index in [9.17, 15) is 0 Å². The highest BCUT2D eigenvalue weighted by Gasteiger charge is 2.12. The van der Waals surface area contributed by atoms with Crippen molar-refractivity contribution in [1.29, 1.82) is 0 Å². The van der Waals surface area contributed by atoms with Gasteiger partial charge in [-0.1, -0.05) is 12.2 Å². The molecule has 0 aliphatic rings. The summed E-state index contributed by atoms with van der Waals surface area (Å²) in [5, 5.41) is 3.00. The molecule has 1 aromatic carbocycles. The summed E-state index contributed by atoms with van der Waals surface area (Å²) >= 11 is 5.26. The highest BCUT2D eigenvalue weighted by molar-refractivity contribution is 7.80. The van der Waals surface area contributed by atoms with Gasteiger partial charge in [0.1, 0.15) is 10.7 Å². The van der Waals surface area contributed by atoms with Crippen LogP contribution < -0.4 is 10.1 Å². The molecule has 0 radical (unpaired) electrons.